The summed E-state index contributed by atoms with van der Waals surface area (Å²) in [5.41, 5.74) is 1.42. The number of anilines is 1. The number of nitrogens with zero attached hydrogens (tertiary/aromatic N) is 1. The molecule has 4 nitrogen and oxygen atoms in total. The molecule has 1 saturated carbocycles. The standard InChI is InChI=1S/C14H15BrN2O2/c15-12-2-1-3-13(11(12)8-16)17-10-6-4-9(5-7-10)14(18)19/h1-3,9-10,17H,4-7H2,(H,18,19). The average Bonchev–Trinajstić information content (AvgIpc) is 2.39. The van der Waals surface area contributed by atoms with Crippen molar-refractivity contribution in [1.29, 1.82) is 5.26 Å². The number of carbonyl (C=O) groups is 1. The van der Waals surface area contributed by atoms with Crippen LogP contribution in [0.15, 0.2) is 22.7 Å². The predicted octanol–water partition coefficient (Wildman–Crippen LogP) is 3.38. The highest BCUT2D eigenvalue weighted by Gasteiger charge is 2.26. The smallest absolute Gasteiger partial charge is 0.306 e. The average molecular weight is 323 g/mol. The summed E-state index contributed by atoms with van der Waals surface area (Å²) in [7, 11) is 0. The Morgan fingerprint density at radius 2 is 2.05 bits per heavy atom. The third-order valence-electron chi connectivity index (χ3n) is 3.56. The maximum Gasteiger partial charge on any atom is 0.306 e. The molecular weight excluding hydrogens is 308 g/mol. The summed E-state index contributed by atoms with van der Waals surface area (Å²) in [6.45, 7) is 0. The van der Waals surface area contributed by atoms with E-state index in [1.54, 1.807) is 0 Å². The van der Waals surface area contributed by atoms with E-state index in [1.807, 2.05) is 18.2 Å². The highest BCUT2D eigenvalue weighted by molar-refractivity contribution is 9.10. The molecule has 0 saturated heterocycles. The van der Waals surface area contributed by atoms with Crippen LogP contribution in [-0.2, 0) is 4.79 Å². The van der Waals surface area contributed by atoms with Crippen LogP contribution in [0.25, 0.3) is 0 Å². The van der Waals surface area contributed by atoms with E-state index >= 15 is 0 Å². The largest absolute Gasteiger partial charge is 0.481 e. The Bertz CT molecular complexity index is 517. The molecule has 2 rings (SSSR count). The monoisotopic (exact) mass is 322 g/mol. The van der Waals surface area contributed by atoms with E-state index in [4.69, 9.17) is 10.4 Å². The molecule has 0 spiro atoms. The van der Waals surface area contributed by atoms with E-state index < -0.39 is 5.97 Å². The zero-order valence-electron chi connectivity index (χ0n) is 10.4. The number of carboxylic acids is 1. The fourth-order valence-corrected chi connectivity index (χ4v) is 2.92. The maximum atomic E-state index is 10.9. The van der Waals surface area contributed by atoms with Gasteiger partial charge >= 0.3 is 5.97 Å². The van der Waals surface area contributed by atoms with E-state index in [0.717, 1.165) is 23.0 Å². The van der Waals surface area contributed by atoms with Crippen molar-refractivity contribution < 1.29 is 9.90 Å². The van der Waals surface area contributed by atoms with Gasteiger partial charge in [-0.15, -0.1) is 0 Å². The van der Waals surface area contributed by atoms with Crippen molar-refractivity contribution in [2.24, 2.45) is 5.92 Å². The van der Waals surface area contributed by atoms with E-state index in [0.29, 0.717) is 18.4 Å². The molecule has 0 atom stereocenters. The first-order valence-electron chi connectivity index (χ1n) is 6.29. The van der Waals surface area contributed by atoms with Gasteiger partial charge < -0.3 is 10.4 Å². The fraction of sp³-hybridized carbons (Fsp3) is 0.429. The third-order valence-corrected chi connectivity index (χ3v) is 4.22. The van der Waals surface area contributed by atoms with E-state index in [-0.39, 0.29) is 12.0 Å². The number of hydrogen-bond donors (Lipinski definition) is 2. The number of nitrogens with one attached hydrogen (secondary N) is 1. The summed E-state index contributed by atoms with van der Waals surface area (Å²) in [4.78, 5) is 10.9. The number of aliphatic carboxylic acids is 1. The van der Waals surface area contributed by atoms with Gasteiger partial charge in [0.15, 0.2) is 0 Å². The summed E-state index contributed by atoms with van der Waals surface area (Å²) in [5.74, 6) is -0.908. The van der Waals surface area contributed by atoms with Crippen molar-refractivity contribution in [2.45, 2.75) is 31.7 Å². The molecule has 1 aromatic carbocycles. The number of rotatable bonds is 3. The van der Waals surface area contributed by atoms with Gasteiger partial charge in [0.25, 0.3) is 0 Å². The lowest BCUT2D eigenvalue weighted by Crippen LogP contribution is -2.29. The second-order valence-electron chi connectivity index (χ2n) is 4.81. The van der Waals surface area contributed by atoms with Gasteiger partial charge in [0.05, 0.1) is 17.2 Å². The van der Waals surface area contributed by atoms with Crippen LogP contribution in [0.1, 0.15) is 31.2 Å². The van der Waals surface area contributed by atoms with Crippen LogP contribution >= 0.6 is 15.9 Å². The molecule has 5 heteroatoms. The third kappa shape index (κ3) is 3.27. The first kappa shape index (κ1) is 13.9. The normalized spacial score (nSPS) is 22.5. The Hall–Kier alpha value is -1.54. The van der Waals surface area contributed by atoms with Gasteiger partial charge in [-0.05, 0) is 53.7 Å². The van der Waals surface area contributed by atoms with Crippen LogP contribution < -0.4 is 5.32 Å². The summed E-state index contributed by atoms with van der Waals surface area (Å²) < 4.78 is 0.777. The quantitative estimate of drug-likeness (QED) is 0.894. The van der Waals surface area contributed by atoms with Crippen molar-refractivity contribution >= 4 is 27.6 Å². The number of halogens is 1. The number of nitriles is 1. The lowest BCUT2D eigenvalue weighted by atomic mass is 9.86. The van der Waals surface area contributed by atoms with Gasteiger partial charge in [-0.3, -0.25) is 4.79 Å². The highest BCUT2D eigenvalue weighted by Crippen LogP contribution is 2.29. The summed E-state index contributed by atoms with van der Waals surface area (Å²) >= 11 is 3.36. The highest BCUT2D eigenvalue weighted by atomic mass is 79.9. The Morgan fingerprint density at radius 1 is 1.37 bits per heavy atom. The van der Waals surface area contributed by atoms with Crippen LogP contribution in [-0.4, -0.2) is 17.1 Å². The molecule has 19 heavy (non-hydrogen) atoms. The van der Waals surface area contributed by atoms with E-state index in [1.165, 1.54) is 0 Å². The van der Waals surface area contributed by atoms with E-state index in [9.17, 15) is 4.79 Å². The molecule has 1 aliphatic rings. The van der Waals surface area contributed by atoms with Crippen LogP contribution in [0.2, 0.25) is 0 Å². The molecule has 0 aliphatic heterocycles. The topological polar surface area (TPSA) is 73.1 Å². The molecule has 100 valence electrons. The van der Waals surface area contributed by atoms with Crippen LogP contribution in [0.5, 0.6) is 0 Å². The van der Waals surface area contributed by atoms with E-state index in [2.05, 4.69) is 27.3 Å². The minimum Gasteiger partial charge on any atom is -0.481 e. The SMILES string of the molecule is N#Cc1c(Br)cccc1NC1CCC(C(=O)O)CC1. The molecule has 0 aromatic heterocycles. The van der Waals surface area contributed by atoms with Gasteiger partial charge in [-0.2, -0.15) is 5.26 Å². The zero-order chi connectivity index (χ0) is 13.8. The fourth-order valence-electron chi connectivity index (χ4n) is 2.46. The van der Waals surface area contributed by atoms with Gasteiger partial charge in [0, 0.05) is 10.5 Å². The van der Waals surface area contributed by atoms with Crippen molar-refractivity contribution in [1.82, 2.24) is 0 Å². The van der Waals surface area contributed by atoms with Crippen molar-refractivity contribution in [3.63, 3.8) is 0 Å². The van der Waals surface area contributed by atoms with Crippen LogP contribution in [0.3, 0.4) is 0 Å². The lowest BCUT2D eigenvalue weighted by molar-refractivity contribution is -0.142. The molecule has 1 fully saturated rings. The predicted molar refractivity (Wildman–Crippen MR) is 75.9 cm³/mol. The van der Waals surface area contributed by atoms with Crippen LogP contribution in [0.4, 0.5) is 5.69 Å². The zero-order valence-corrected chi connectivity index (χ0v) is 12.0. The molecular formula is C14H15BrN2O2. The second-order valence-corrected chi connectivity index (χ2v) is 5.66. The Labute approximate surface area is 120 Å². The summed E-state index contributed by atoms with van der Waals surface area (Å²) in [6, 6.07) is 8.03. The molecule has 1 aliphatic carbocycles. The summed E-state index contributed by atoms with van der Waals surface area (Å²) in [6.07, 6.45) is 3.05. The molecule has 0 bridgehead atoms. The first-order chi connectivity index (χ1) is 9.11. The second kappa shape index (κ2) is 6.07. The molecule has 0 radical (unpaired) electrons. The van der Waals surface area contributed by atoms with Crippen molar-refractivity contribution in [3.05, 3.63) is 28.2 Å². The molecule has 0 heterocycles. The van der Waals surface area contributed by atoms with Crippen molar-refractivity contribution in [3.8, 4) is 6.07 Å². The number of carboxylic acid groups (broad SMARTS) is 1. The molecule has 0 amide bonds. The van der Waals surface area contributed by atoms with Gasteiger partial charge in [-0.1, -0.05) is 6.07 Å². The van der Waals surface area contributed by atoms with Gasteiger partial charge in [0.1, 0.15) is 6.07 Å². The molecule has 1 aromatic rings. The first-order valence-corrected chi connectivity index (χ1v) is 7.09. The summed E-state index contributed by atoms with van der Waals surface area (Å²) in [5, 5.41) is 21.5. The van der Waals surface area contributed by atoms with Crippen molar-refractivity contribution in [2.75, 3.05) is 5.32 Å². The minimum atomic E-state index is -0.696. The number of hydrogen-bond acceptors (Lipinski definition) is 3. The maximum absolute atomic E-state index is 10.9. The Kier molecular flexibility index (Phi) is 4.43. The van der Waals surface area contributed by atoms with Gasteiger partial charge in [-0.25, -0.2) is 0 Å². The molecule has 2 N–H and O–H groups in total. The number of benzene rings is 1. The molecule has 0 unspecified atom stereocenters. The minimum absolute atomic E-state index is 0.212. The van der Waals surface area contributed by atoms with Crippen LogP contribution in [0, 0.1) is 17.2 Å². The Balaban J connectivity index is 2.02. The Morgan fingerprint density at radius 3 is 2.63 bits per heavy atom. The lowest BCUT2D eigenvalue weighted by Gasteiger charge is -2.28. The van der Waals surface area contributed by atoms with Gasteiger partial charge in [0.2, 0.25) is 0 Å².